The molecule has 4 rings (SSSR count). The summed E-state index contributed by atoms with van der Waals surface area (Å²) in [6.45, 7) is 6.62. The number of hydrogen-bond donors (Lipinski definition) is 2. The van der Waals surface area contributed by atoms with Crippen molar-refractivity contribution >= 4 is 55.6 Å². The van der Waals surface area contributed by atoms with Gasteiger partial charge in [-0.15, -0.1) is 0 Å². The van der Waals surface area contributed by atoms with Gasteiger partial charge in [0, 0.05) is 57.5 Å². The second kappa shape index (κ2) is 9.60. The molecule has 0 fully saturated rings. The molecule has 0 saturated carbocycles. The van der Waals surface area contributed by atoms with Crippen molar-refractivity contribution in [1.29, 1.82) is 0 Å². The molecule has 6 heteroatoms. The van der Waals surface area contributed by atoms with Crippen LogP contribution in [0.25, 0.3) is 16.5 Å². The Morgan fingerprint density at radius 3 is 2.71 bits per heavy atom. The zero-order valence-corrected chi connectivity index (χ0v) is 20.2. The number of carbonyl (C=O) groups excluding carboxylic acids is 1. The Labute approximate surface area is 196 Å². The third-order valence-corrected chi connectivity index (χ3v) is 7.40. The summed E-state index contributed by atoms with van der Waals surface area (Å²) in [5.41, 5.74) is 4.97. The number of nitrogens with one attached hydrogen (secondary N) is 2. The minimum atomic E-state index is -0.177. The molecular formula is C25H27BrClN3O. The number of halogens is 2. The Morgan fingerprint density at radius 2 is 2.03 bits per heavy atom. The summed E-state index contributed by atoms with van der Waals surface area (Å²) in [7, 11) is 0. The van der Waals surface area contributed by atoms with Gasteiger partial charge in [-0.3, -0.25) is 9.69 Å². The molecule has 1 aliphatic heterocycles. The highest BCUT2D eigenvalue weighted by Gasteiger charge is 2.20. The van der Waals surface area contributed by atoms with Crippen LogP contribution in [0, 0.1) is 0 Å². The smallest absolute Gasteiger partial charge is 0.255 e. The molecule has 0 unspecified atom stereocenters. The average Bonchev–Trinajstić information content (AvgIpc) is 3.20. The second-order valence-electron chi connectivity index (χ2n) is 7.99. The highest BCUT2D eigenvalue weighted by atomic mass is 79.9. The highest BCUT2D eigenvalue weighted by Crippen LogP contribution is 2.32. The van der Waals surface area contributed by atoms with Gasteiger partial charge in [-0.05, 0) is 77.2 Å². The predicted octanol–water partition coefficient (Wildman–Crippen LogP) is 7.11. The average molecular weight is 501 g/mol. The summed E-state index contributed by atoms with van der Waals surface area (Å²) >= 11 is 9.50. The van der Waals surface area contributed by atoms with E-state index in [1.807, 2.05) is 18.2 Å². The Balaban J connectivity index is 1.55. The van der Waals surface area contributed by atoms with Gasteiger partial charge in [0.1, 0.15) is 0 Å². The van der Waals surface area contributed by atoms with E-state index in [1.54, 1.807) is 18.2 Å². The van der Waals surface area contributed by atoms with E-state index in [0.717, 1.165) is 40.6 Å². The van der Waals surface area contributed by atoms with Gasteiger partial charge in [0.05, 0.1) is 5.02 Å². The summed E-state index contributed by atoms with van der Waals surface area (Å²) < 4.78 is 0.771. The molecule has 0 bridgehead atoms. The molecule has 3 aromatic rings. The molecule has 2 heterocycles. The largest absolute Gasteiger partial charge is 0.361 e. The fourth-order valence-electron chi connectivity index (χ4n) is 4.37. The SMILES string of the molecule is CCC(CC)N1CC=C(c2c[nH]c3ccc(NC(=O)c4ccc(Br)c(Cl)c4)cc23)CC1. The second-order valence-corrected chi connectivity index (χ2v) is 9.25. The Hall–Kier alpha value is -2.08. The van der Waals surface area contributed by atoms with Gasteiger partial charge in [0.15, 0.2) is 0 Å². The van der Waals surface area contributed by atoms with Crippen molar-refractivity contribution in [2.24, 2.45) is 0 Å². The number of fused-ring (bicyclic) bond motifs is 1. The zero-order valence-electron chi connectivity index (χ0n) is 17.8. The Kier molecular flexibility index (Phi) is 6.85. The Morgan fingerprint density at radius 1 is 1.23 bits per heavy atom. The van der Waals surface area contributed by atoms with E-state index in [9.17, 15) is 4.79 Å². The monoisotopic (exact) mass is 499 g/mol. The molecular weight excluding hydrogens is 474 g/mol. The Bertz CT molecular complexity index is 1130. The number of anilines is 1. The van der Waals surface area contributed by atoms with Gasteiger partial charge in [-0.1, -0.05) is 31.5 Å². The summed E-state index contributed by atoms with van der Waals surface area (Å²) in [5, 5.41) is 4.65. The number of benzene rings is 2. The van der Waals surface area contributed by atoms with E-state index in [4.69, 9.17) is 11.6 Å². The van der Waals surface area contributed by atoms with Crippen molar-refractivity contribution in [2.45, 2.75) is 39.2 Å². The molecule has 4 nitrogen and oxygen atoms in total. The normalized spacial score (nSPS) is 14.8. The molecule has 31 heavy (non-hydrogen) atoms. The quantitative estimate of drug-likeness (QED) is 0.379. The predicted molar refractivity (Wildman–Crippen MR) is 134 cm³/mol. The van der Waals surface area contributed by atoms with Gasteiger partial charge in [-0.2, -0.15) is 0 Å². The molecule has 162 valence electrons. The molecule has 1 amide bonds. The molecule has 1 aromatic heterocycles. The van der Waals surface area contributed by atoms with Gasteiger partial charge >= 0.3 is 0 Å². The van der Waals surface area contributed by atoms with E-state index >= 15 is 0 Å². The standard InChI is InChI=1S/C25H27BrClN3O/c1-3-19(4-2)30-11-9-16(10-12-30)21-15-28-24-8-6-18(14-20(21)24)29-25(31)17-5-7-22(26)23(27)13-17/h5-9,13-15,19,28H,3-4,10-12H2,1-2H3,(H,29,31). The van der Waals surface area contributed by atoms with Crippen molar-refractivity contribution < 1.29 is 4.79 Å². The highest BCUT2D eigenvalue weighted by molar-refractivity contribution is 9.10. The molecule has 0 aliphatic carbocycles. The molecule has 0 spiro atoms. The van der Waals surface area contributed by atoms with Crippen LogP contribution in [0.15, 0.2) is 53.1 Å². The number of H-pyrrole nitrogens is 1. The third-order valence-electron chi connectivity index (χ3n) is 6.17. The first-order valence-electron chi connectivity index (χ1n) is 10.8. The fourth-order valence-corrected chi connectivity index (χ4v) is 4.80. The van der Waals surface area contributed by atoms with E-state index in [0.29, 0.717) is 16.6 Å². The van der Waals surface area contributed by atoms with Gasteiger partial charge in [-0.25, -0.2) is 0 Å². The van der Waals surface area contributed by atoms with E-state index < -0.39 is 0 Å². The number of aromatic nitrogens is 1. The molecule has 1 aliphatic rings. The lowest BCUT2D eigenvalue weighted by Crippen LogP contribution is -2.37. The van der Waals surface area contributed by atoms with Gasteiger partial charge in [0.2, 0.25) is 0 Å². The van der Waals surface area contributed by atoms with Gasteiger partial charge < -0.3 is 10.3 Å². The van der Waals surface area contributed by atoms with Crippen molar-refractivity contribution in [1.82, 2.24) is 9.88 Å². The third kappa shape index (κ3) is 4.74. The zero-order chi connectivity index (χ0) is 22.0. The van der Waals surface area contributed by atoms with Gasteiger partial charge in [0.25, 0.3) is 5.91 Å². The van der Waals surface area contributed by atoms with E-state index in [-0.39, 0.29) is 5.91 Å². The molecule has 0 radical (unpaired) electrons. The van der Waals surface area contributed by atoms with Crippen LogP contribution in [-0.2, 0) is 0 Å². The summed E-state index contributed by atoms with van der Waals surface area (Å²) in [6, 6.07) is 11.9. The lowest BCUT2D eigenvalue weighted by Gasteiger charge is -2.33. The lowest BCUT2D eigenvalue weighted by atomic mass is 9.97. The summed E-state index contributed by atoms with van der Waals surface area (Å²) in [6.07, 6.45) is 7.87. The number of rotatable bonds is 6. The first kappa shape index (κ1) is 22.1. The minimum absolute atomic E-state index is 0.177. The topological polar surface area (TPSA) is 48.1 Å². The summed E-state index contributed by atoms with van der Waals surface area (Å²) in [4.78, 5) is 18.6. The number of amides is 1. The van der Waals surface area contributed by atoms with Crippen LogP contribution in [0.2, 0.25) is 5.02 Å². The van der Waals surface area contributed by atoms with Crippen LogP contribution in [0.3, 0.4) is 0 Å². The van der Waals surface area contributed by atoms with Crippen LogP contribution < -0.4 is 5.32 Å². The van der Waals surface area contributed by atoms with E-state index in [1.165, 1.54) is 24.0 Å². The maximum absolute atomic E-state index is 12.7. The van der Waals surface area contributed by atoms with E-state index in [2.05, 4.69) is 57.3 Å². The van der Waals surface area contributed by atoms with Crippen molar-refractivity contribution in [2.75, 3.05) is 18.4 Å². The van der Waals surface area contributed by atoms with Crippen LogP contribution in [0.5, 0.6) is 0 Å². The van der Waals surface area contributed by atoms with Crippen molar-refractivity contribution in [3.63, 3.8) is 0 Å². The maximum Gasteiger partial charge on any atom is 0.255 e. The first-order valence-corrected chi connectivity index (χ1v) is 12.0. The summed E-state index contributed by atoms with van der Waals surface area (Å²) in [5.74, 6) is -0.177. The maximum atomic E-state index is 12.7. The van der Waals surface area contributed by atoms with Crippen molar-refractivity contribution in [3.05, 3.63) is 69.3 Å². The van der Waals surface area contributed by atoms with Crippen LogP contribution in [-0.4, -0.2) is 34.9 Å². The number of nitrogens with zero attached hydrogens (tertiary/aromatic N) is 1. The minimum Gasteiger partial charge on any atom is -0.361 e. The number of carbonyl (C=O) groups is 1. The van der Waals surface area contributed by atoms with Crippen molar-refractivity contribution in [3.8, 4) is 0 Å². The molecule has 2 N–H and O–H groups in total. The molecule has 0 atom stereocenters. The van der Waals surface area contributed by atoms with Crippen LogP contribution in [0.1, 0.15) is 49.0 Å². The number of hydrogen-bond acceptors (Lipinski definition) is 2. The van der Waals surface area contributed by atoms with Crippen LogP contribution >= 0.6 is 27.5 Å². The molecule has 2 aromatic carbocycles. The molecule has 0 saturated heterocycles. The first-order chi connectivity index (χ1) is 15.0. The lowest BCUT2D eigenvalue weighted by molar-refractivity contribution is 0.102. The fraction of sp³-hybridized carbons (Fsp3) is 0.320. The van der Waals surface area contributed by atoms with Crippen LogP contribution in [0.4, 0.5) is 5.69 Å². The number of aromatic amines is 1.